The van der Waals surface area contributed by atoms with Crippen molar-refractivity contribution in [1.29, 1.82) is 0 Å². The molecule has 0 aromatic heterocycles. The fourth-order valence-corrected chi connectivity index (χ4v) is 3.24. The van der Waals surface area contributed by atoms with Crippen molar-refractivity contribution in [2.75, 3.05) is 19.8 Å². The molecule has 2 atom stereocenters. The summed E-state index contributed by atoms with van der Waals surface area (Å²) >= 11 is 0. The summed E-state index contributed by atoms with van der Waals surface area (Å²) in [5, 5.41) is 3.74. The van der Waals surface area contributed by atoms with Crippen molar-refractivity contribution in [3.63, 3.8) is 0 Å². The van der Waals surface area contributed by atoms with E-state index in [2.05, 4.69) is 36.5 Å². The zero-order valence-corrected chi connectivity index (χ0v) is 11.2. The van der Waals surface area contributed by atoms with Crippen LogP contribution in [0.25, 0.3) is 0 Å². The van der Waals surface area contributed by atoms with Crippen LogP contribution in [0.1, 0.15) is 43.2 Å². The molecule has 3 rings (SSSR count). The normalized spacial score (nSPS) is 31.3. The van der Waals surface area contributed by atoms with Gasteiger partial charge in [0.2, 0.25) is 0 Å². The quantitative estimate of drug-likeness (QED) is 0.884. The molecule has 0 radical (unpaired) electrons. The van der Waals surface area contributed by atoms with E-state index in [0.717, 1.165) is 26.2 Å². The van der Waals surface area contributed by atoms with E-state index in [9.17, 15) is 0 Å². The molecule has 1 N–H and O–H groups in total. The first-order chi connectivity index (χ1) is 8.77. The highest BCUT2D eigenvalue weighted by atomic mass is 16.5. The zero-order valence-electron chi connectivity index (χ0n) is 11.2. The highest BCUT2D eigenvalue weighted by molar-refractivity contribution is 5.32. The summed E-state index contributed by atoms with van der Waals surface area (Å²) < 4.78 is 5.51. The van der Waals surface area contributed by atoms with Crippen molar-refractivity contribution in [1.82, 2.24) is 5.32 Å². The number of ether oxygens (including phenoxy) is 1. The van der Waals surface area contributed by atoms with E-state index in [1.807, 2.05) is 0 Å². The maximum Gasteiger partial charge on any atom is 0.0646 e. The van der Waals surface area contributed by atoms with Gasteiger partial charge in [-0.2, -0.15) is 0 Å². The Morgan fingerprint density at radius 3 is 3.11 bits per heavy atom. The van der Waals surface area contributed by atoms with Gasteiger partial charge in [-0.15, -0.1) is 0 Å². The molecule has 0 bridgehead atoms. The summed E-state index contributed by atoms with van der Waals surface area (Å²) in [5.41, 5.74) is 3.33. The van der Waals surface area contributed by atoms with E-state index in [0.29, 0.717) is 5.92 Å². The monoisotopic (exact) mass is 245 g/mol. The number of rotatable bonds is 3. The van der Waals surface area contributed by atoms with Crippen LogP contribution >= 0.6 is 0 Å². The molecule has 0 amide bonds. The van der Waals surface area contributed by atoms with Crippen LogP contribution in [0, 0.1) is 0 Å². The summed E-state index contributed by atoms with van der Waals surface area (Å²) in [6, 6.07) is 8.95. The largest absolute Gasteiger partial charge is 0.379 e. The Kier molecular flexibility index (Phi) is 3.40. The lowest BCUT2D eigenvalue weighted by Gasteiger charge is -2.30. The van der Waals surface area contributed by atoms with Gasteiger partial charge in [-0.3, -0.25) is 0 Å². The summed E-state index contributed by atoms with van der Waals surface area (Å²) in [7, 11) is 0. The van der Waals surface area contributed by atoms with E-state index in [1.165, 1.54) is 19.3 Å². The molecule has 18 heavy (non-hydrogen) atoms. The van der Waals surface area contributed by atoms with Gasteiger partial charge in [-0.1, -0.05) is 24.3 Å². The molecule has 1 heterocycles. The van der Waals surface area contributed by atoms with Crippen molar-refractivity contribution in [3.8, 4) is 0 Å². The minimum absolute atomic E-state index is 0.201. The Labute approximate surface area is 110 Å². The molecule has 0 saturated carbocycles. The number of hydrogen-bond acceptors (Lipinski definition) is 2. The topological polar surface area (TPSA) is 21.3 Å². The summed E-state index contributed by atoms with van der Waals surface area (Å²) in [5.74, 6) is 0.687. The Bertz CT molecular complexity index is 409. The van der Waals surface area contributed by atoms with E-state index in [-0.39, 0.29) is 5.54 Å². The number of hydrogen-bond donors (Lipinski definition) is 1. The first-order valence-corrected chi connectivity index (χ1v) is 7.17. The third kappa shape index (κ3) is 2.45. The summed E-state index contributed by atoms with van der Waals surface area (Å²) in [6.07, 6.45) is 5.05. The molecular formula is C16H23NO. The molecule has 2 unspecified atom stereocenters. The Morgan fingerprint density at radius 1 is 1.39 bits per heavy atom. The maximum absolute atomic E-state index is 5.51. The fraction of sp³-hybridized carbons (Fsp3) is 0.625. The number of aryl methyl sites for hydroxylation is 1. The predicted molar refractivity (Wildman–Crippen MR) is 74.0 cm³/mol. The molecule has 1 saturated heterocycles. The van der Waals surface area contributed by atoms with Gasteiger partial charge in [0.1, 0.15) is 0 Å². The smallest absolute Gasteiger partial charge is 0.0646 e. The minimum Gasteiger partial charge on any atom is -0.379 e. The standard InChI is InChI=1S/C16H23NO/c1-16(9-10-18-12-16)17-11-14-7-4-6-13-5-2-3-8-15(13)14/h2-3,5,8,14,17H,4,6-7,9-12H2,1H3. The van der Waals surface area contributed by atoms with Crippen molar-refractivity contribution in [2.24, 2.45) is 0 Å². The highest BCUT2D eigenvalue weighted by Gasteiger charge is 2.30. The number of nitrogens with one attached hydrogen (secondary N) is 1. The van der Waals surface area contributed by atoms with Crippen LogP contribution in [0.4, 0.5) is 0 Å². The van der Waals surface area contributed by atoms with Gasteiger partial charge in [0.05, 0.1) is 6.61 Å². The first-order valence-electron chi connectivity index (χ1n) is 7.17. The van der Waals surface area contributed by atoms with E-state index in [4.69, 9.17) is 4.74 Å². The molecule has 1 aliphatic carbocycles. The van der Waals surface area contributed by atoms with Crippen molar-refractivity contribution in [3.05, 3.63) is 35.4 Å². The third-order valence-electron chi connectivity index (χ3n) is 4.49. The maximum atomic E-state index is 5.51. The lowest BCUT2D eigenvalue weighted by Crippen LogP contribution is -2.45. The molecule has 1 aliphatic heterocycles. The molecule has 98 valence electrons. The SMILES string of the molecule is CC1(NCC2CCCc3ccccc32)CCOC1. The second-order valence-corrected chi connectivity index (χ2v) is 6.03. The van der Waals surface area contributed by atoms with Crippen molar-refractivity contribution < 1.29 is 4.74 Å². The van der Waals surface area contributed by atoms with Gasteiger partial charge in [-0.05, 0) is 49.7 Å². The Hall–Kier alpha value is -0.860. The van der Waals surface area contributed by atoms with E-state index < -0.39 is 0 Å². The highest BCUT2D eigenvalue weighted by Crippen LogP contribution is 2.31. The number of fused-ring (bicyclic) bond motifs is 1. The molecule has 1 aromatic carbocycles. The van der Waals surface area contributed by atoms with Crippen molar-refractivity contribution >= 4 is 0 Å². The molecule has 2 aliphatic rings. The predicted octanol–water partition coefficient (Wildman–Crippen LogP) is 2.88. The average molecular weight is 245 g/mol. The van der Waals surface area contributed by atoms with Crippen LogP contribution in [-0.4, -0.2) is 25.3 Å². The molecule has 1 aromatic rings. The van der Waals surface area contributed by atoms with E-state index >= 15 is 0 Å². The summed E-state index contributed by atoms with van der Waals surface area (Å²) in [6.45, 7) is 5.15. The molecular weight excluding hydrogens is 222 g/mol. The van der Waals surface area contributed by atoms with Crippen LogP contribution in [0.3, 0.4) is 0 Å². The lowest BCUT2D eigenvalue weighted by molar-refractivity contribution is 0.170. The Morgan fingerprint density at radius 2 is 2.28 bits per heavy atom. The third-order valence-corrected chi connectivity index (χ3v) is 4.49. The van der Waals surface area contributed by atoms with Gasteiger partial charge in [0.25, 0.3) is 0 Å². The molecule has 2 heteroatoms. The van der Waals surface area contributed by atoms with Gasteiger partial charge in [0, 0.05) is 18.7 Å². The minimum atomic E-state index is 0.201. The van der Waals surface area contributed by atoms with Gasteiger partial charge >= 0.3 is 0 Å². The van der Waals surface area contributed by atoms with Gasteiger partial charge in [0.15, 0.2) is 0 Å². The lowest BCUT2D eigenvalue weighted by atomic mass is 9.82. The second-order valence-electron chi connectivity index (χ2n) is 6.03. The Balaban J connectivity index is 1.67. The van der Waals surface area contributed by atoms with E-state index in [1.54, 1.807) is 11.1 Å². The zero-order chi connectivity index (χ0) is 12.4. The van der Waals surface area contributed by atoms with Crippen LogP contribution in [0.15, 0.2) is 24.3 Å². The molecule has 1 fully saturated rings. The second kappa shape index (κ2) is 5.02. The van der Waals surface area contributed by atoms with Crippen molar-refractivity contribution in [2.45, 2.75) is 44.1 Å². The van der Waals surface area contributed by atoms with Gasteiger partial charge < -0.3 is 10.1 Å². The number of benzene rings is 1. The van der Waals surface area contributed by atoms with Crippen LogP contribution in [-0.2, 0) is 11.2 Å². The molecule has 2 nitrogen and oxygen atoms in total. The molecule has 0 spiro atoms. The van der Waals surface area contributed by atoms with Crippen LogP contribution in [0.2, 0.25) is 0 Å². The average Bonchev–Trinajstić information content (AvgIpc) is 2.84. The van der Waals surface area contributed by atoms with Crippen LogP contribution < -0.4 is 5.32 Å². The fourth-order valence-electron chi connectivity index (χ4n) is 3.24. The first kappa shape index (κ1) is 12.2. The van der Waals surface area contributed by atoms with Crippen LogP contribution in [0.5, 0.6) is 0 Å². The van der Waals surface area contributed by atoms with Gasteiger partial charge in [-0.25, -0.2) is 0 Å². The summed E-state index contributed by atoms with van der Waals surface area (Å²) in [4.78, 5) is 0.